The molecule has 0 aromatic heterocycles. The zero-order valence-electron chi connectivity index (χ0n) is 8.95. The van der Waals surface area contributed by atoms with Gasteiger partial charge in [-0.1, -0.05) is 25.6 Å². The van der Waals surface area contributed by atoms with Gasteiger partial charge in [-0.2, -0.15) is 0 Å². The molecule has 0 amide bonds. The van der Waals surface area contributed by atoms with Crippen molar-refractivity contribution in [2.24, 2.45) is 23.2 Å². The van der Waals surface area contributed by atoms with E-state index in [9.17, 15) is 4.79 Å². The quantitative estimate of drug-likeness (QED) is 0.611. The molecule has 0 radical (unpaired) electrons. The molecule has 0 N–H and O–H groups in total. The van der Waals surface area contributed by atoms with Crippen molar-refractivity contribution in [2.45, 2.75) is 44.8 Å². The van der Waals surface area contributed by atoms with E-state index in [1.807, 2.05) is 0 Å². The second-order valence-corrected chi connectivity index (χ2v) is 7.19. The van der Waals surface area contributed by atoms with Crippen LogP contribution in [0.25, 0.3) is 0 Å². The lowest BCUT2D eigenvalue weighted by atomic mass is 9.69. The van der Waals surface area contributed by atoms with Crippen molar-refractivity contribution in [3.63, 3.8) is 0 Å². The van der Waals surface area contributed by atoms with Gasteiger partial charge in [-0.25, -0.2) is 0 Å². The summed E-state index contributed by atoms with van der Waals surface area (Å²) < 4.78 is 0. The van der Waals surface area contributed by atoms with Crippen LogP contribution >= 0.6 is 11.8 Å². The summed E-state index contributed by atoms with van der Waals surface area (Å²) in [6, 6.07) is 0. The van der Waals surface area contributed by atoms with Crippen LogP contribution in [0.3, 0.4) is 0 Å². The van der Waals surface area contributed by atoms with Crippen LogP contribution in [0.5, 0.6) is 0 Å². The number of hydrogen-bond acceptors (Lipinski definition) is 2. The monoisotopic (exact) mass is 210 g/mol. The Morgan fingerprint density at radius 1 is 1.36 bits per heavy atom. The molecule has 78 valence electrons. The Morgan fingerprint density at radius 2 is 2.14 bits per heavy atom. The highest BCUT2D eigenvalue weighted by atomic mass is 32.2. The predicted molar refractivity (Wildman–Crippen MR) is 59.1 cm³/mol. The maximum Gasteiger partial charge on any atom is 0.192 e. The van der Waals surface area contributed by atoms with Crippen LogP contribution in [0.1, 0.15) is 39.5 Å². The van der Waals surface area contributed by atoms with Crippen LogP contribution in [0.2, 0.25) is 0 Å². The molecule has 0 aromatic carbocycles. The maximum absolute atomic E-state index is 11.8. The molecule has 14 heavy (non-hydrogen) atoms. The summed E-state index contributed by atoms with van der Waals surface area (Å²) in [5, 5.41) is 1.18. The lowest BCUT2D eigenvalue weighted by molar-refractivity contribution is -0.116. The van der Waals surface area contributed by atoms with Gasteiger partial charge in [0, 0.05) is 11.2 Å². The van der Waals surface area contributed by atoms with Gasteiger partial charge < -0.3 is 0 Å². The van der Waals surface area contributed by atoms with Gasteiger partial charge in [0.25, 0.3) is 0 Å². The highest BCUT2D eigenvalue weighted by Gasteiger charge is 2.53. The predicted octanol–water partition coefficient (Wildman–Crippen LogP) is 3.09. The van der Waals surface area contributed by atoms with Crippen molar-refractivity contribution in [1.29, 1.82) is 0 Å². The largest absolute Gasteiger partial charge is 0.287 e. The molecule has 4 atom stereocenters. The van der Waals surface area contributed by atoms with Crippen LogP contribution in [0.4, 0.5) is 0 Å². The summed E-state index contributed by atoms with van der Waals surface area (Å²) in [6.07, 6.45) is 5.16. The topological polar surface area (TPSA) is 17.1 Å². The van der Waals surface area contributed by atoms with Gasteiger partial charge in [-0.15, -0.1) is 0 Å². The first-order chi connectivity index (χ1) is 6.58. The van der Waals surface area contributed by atoms with E-state index >= 15 is 0 Å². The minimum Gasteiger partial charge on any atom is -0.287 e. The van der Waals surface area contributed by atoms with Gasteiger partial charge >= 0.3 is 0 Å². The normalized spacial score (nSPS) is 49.4. The average Bonchev–Trinajstić information content (AvgIpc) is 2.31. The van der Waals surface area contributed by atoms with Crippen LogP contribution in [-0.4, -0.2) is 10.4 Å². The van der Waals surface area contributed by atoms with E-state index in [1.54, 1.807) is 11.8 Å². The van der Waals surface area contributed by atoms with Crippen molar-refractivity contribution in [3.05, 3.63) is 0 Å². The van der Waals surface area contributed by atoms with Crippen LogP contribution < -0.4 is 0 Å². The SMILES string of the molecule is CC1(C)CC2SC(=O)C3CC1CCC23. The summed E-state index contributed by atoms with van der Waals surface area (Å²) >= 11 is 1.67. The lowest BCUT2D eigenvalue weighted by Crippen LogP contribution is -2.29. The first kappa shape index (κ1) is 9.26. The van der Waals surface area contributed by atoms with Gasteiger partial charge in [-0.05, 0) is 42.9 Å². The fourth-order valence-electron chi connectivity index (χ4n) is 3.82. The first-order valence-electron chi connectivity index (χ1n) is 5.78. The third-order valence-electron chi connectivity index (χ3n) is 4.78. The highest BCUT2D eigenvalue weighted by molar-refractivity contribution is 8.14. The number of rotatable bonds is 0. The van der Waals surface area contributed by atoms with Crippen LogP contribution in [-0.2, 0) is 4.79 Å². The highest BCUT2D eigenvalue weighted by Crippen LogP contribution is 2.59. The molecule has 4 bridgehead atoms. The number of fused-ring (bicyclic) bond motifs is 2. The van der Waals surface area contributed by atoms with E-state index in [1.165, 1.54) is 25.7 Å². The number of carbonyl (C=O) groups excluding carboxylic acids is 1. The Balaban J connectivity index is 2.00. The van der Waals surface area contributed by atoms with Crippen LogP contribution in [0.15, 0.2) is 0 Å². The minimum atomic E-state index is 0.436. The third kappa shape index (κ3) is 1.13. The number of thioether (sulfide) groups is 1. The van der Waals surface area contributed by atoms with Crippen molar-refractivity contribution >= 4 is 16.9 Å². The average molecular weight is 210 g/mol. The zero-order valence-corrected chi connectivity index (χ0v) is 9.77. The van der Waals surface area contributed by atoms with E-state index in [0.29, 0.717) is 21.7 Å². The molecule has 0 aromatic rings. The minimum absolute atomic E-state index is 0.436. The Hall–Kier alpha value is 0.0200. The molecular formula is C12H18OS. The van der Waals surface area contributed by atoms with E-state index in [4.69, 9.17) is 0 Å². The van der Waals surface area contributed by atoms with Gasteiger partial charge in [-0.3, -0.25) is 4.79 Å². The fourth-order valence-corrected chi connectivity index (χ4v) is 5.58. The summed E-state index contributed by atoms with van der Waals surface area (Å²) in [4.78, 5) is 11.8. The molecule has 1 nitrogen and oxygen atoms in total. The smallest absolute Gasteiger partial charge is 0.192 e. The van der Waals surface area contributed by atoms with Crippen molar-refractivity contribution < 1.29 is 4.79 Å². The molecule has 1 saturated heterocycles. The maximum atomic E-state index is 11.8. The Bertz CT molecular complexity index is 284. The molecule has 3 aliphatic carbocycles. The van der Waals surface area contributed by atoms with E-state index in [-0.39, 0.29) is 0 Å². The van der Waals surface area contributed by atoms with E-state index in [0.717, 1.165) is 11.8 Å². The summed E-state index contributed by atoms with van der Waals surface area (Å²) in [6.45, 7) is 4.82. The standard InChI is InChI=1S/C12H18OS/c1-12(2)6-10-8-4-3-7(12)5-9(8)11(13)14-10/h7-10H,3-6H2,1-2H3. The molecule has 4 unspecified atom stereocenters. The Labute approximate surface area is 90.0 Å². The van der Waals surface area contributed by atoms with Gasteiger partial charge in [0.05, 0.1) is 0 Å². The van der Waals surface area contributed by atoms with E-state index < -0.39 is 0 Å². The molecule has 3 saturated carbocycles. The molecule has 4 rings (SSSR count). The number of carbonyl (C=O) groups is 1. The van der Waals surface area contributed by atoms with Gasteiger partial charge in [0.1, 0.15) is 0 Å². The molecule has 1 aliphatic heterocycles. The number of hydrogen-bond donors (Lipinski definition) is 0. The fraction of sp³-hybridized carbons (Fsp3) is 0.917. The molecule has 2 heteroatoms. The Morgan fingerprint density at radius 3 is 2.93 bits per heavy atom. The lowest BCUT2D eigenvalue weighted by Gasteiger charge is -2.36. The van der Waals surface area contributed by atoms with Gasteiger partial charge in [0.2, 0.25) is 0 Å². The second kappa shape index (κ2) is 2.78. The van der Waals surface area contributed by atoms with Crippen LogP contribution in [0, 0.1) is 23.2 Å². The zero-order chi connectivity index (χ0) is 9.92. The molecule has 0 spiro atoms. The van der Waals surface area contributed by atoms with Gasteiger partial charge in [0.15, 0.2) is 5.12 Å². The summed E-state index contributed by atoms with van der Waals surface area (Å²) in [5.74, 6) is 2.00. The van der Waals surface area contributed by atoms with Crippen molar-refractivity contribution in [3.8, 4) is 0 Å². The Kier molecular flexibility index (Phi) is 1.84. The summed E-state index contributed by atoms with van der Waals surface area (Å²) in [7, 11) is 0. The summed E-state index contributed by atoms with van der Waals surface area (Å²) in [5.41, 5.74) is 0.488. The molecule has 1 heterocycles. The molecule has 4 aliphatic rings. The molecular weight excluding hydrogens is 192 g/mol. The second-order valence-electron chi connectivity index (χ2n) is 5.95. The van der Waals surface area contributed by atoms with Crippen molar-refractivity contribution in [1.82, 2.24) is 0 Å². The molecule has 4 fully saturated rings. The first-order valence-corrected chi connectivity index (χ1v) is 6.66. The third-order valence-corrected chi connectivity index (χ3v) is 6.14. The van der Waals surface area contributed by atoms with E-state index in [2.05, 4.69) is 13.8 Å². The van der Waals surface area contributed by atoms with Crippen molar-refractivity contribution in [2.75, 3.05) is 0 Å².